The number of rotatable bonds is 8. The number of amides is 1. The van der Waals surface area contributed by atoms with Crippen LogP contribution in [0.1, 0.15) is 31.7 Å². The number of aliphatic hydroxyl groups excluding tert-OH is 1. The Kier molecular flexibility index (Phi) is 6.94. The van der Waals surface area contributed by atoms with Crippen LogP contribution in [0.15, 0.2) is 10.6 Å². The summed E-state index contributed by atoms with van der Waals surface area (Å²) in [5.41, 5.74) is 0.891. The summed E-state index contributed by atoms with van der Waals surface area (Å²) in [6.07, 6.45) is 2.30. The largest absolute Gasteiger partial charge is 0.383 e. The number of aromatic nitrogens is 1. The summed E-state index contributed by atoms with van der Waals surface area (Å²) in [5.74, 6) is 1.52. The van der Waals surface area contributed by atoms with Gasteiger partial charge in [0.2, 0.25) is 5.91 Å². The van der Waals surface area contributed by atoms with Crippen LogP contribution in [-0.4, -0.2) is 34.3 Å². The molecule has 108 valence electrons. The van der Waals surface area contributed by atoms with E-state index in [1.165, 1.54) is 0 Å². The van der Waals surface area contributed by atoms with Gasteiger partial charge in [-0.2, -0.15) is 11.8 Å². The van der Waals surface area contributed by atoms with E-state index in [-0.39, 0.29) is 12.5 Å². The quantitative estimate of drug-likeness (QED) is 0.759. The van der Waals surface area contributed by atoms with Gasteiger partial charge in [-0.05, 0) is 30.8 Å². The molecule has 0 unspecified atom stereocenters. The third-order valence-electron chi connectivity index (χ3n) is 2.56. The summed E-state index contributed by atoms with van der Waals surface area (Å²) in [7, 11) is 0. The summed E-state index contributed by atoms with van der Waals surface area (Å²) < 4.78 is 5.13. The molecule has 19 heavy (non-hydrogen) atoms. The molecule has 0 aromatic carbocycles. The van der Waals surface area contributed by atoms with Crippen molar-refractivity contribution in [1.29, 1.82) is 0 Å². The number of aliphatic hydroxyl groups is 1. The highest BCUT2D eigenvalue weighted by Crippen LogP contribution is 2.09. The van der Waals surface area contributed by atoms with Crippen molar-refractivity contribution in [3.8, 4) is 0 Å². The molecule has 0 spiro atoms. The van der Waals surface area contributed by atoms with E-state index >= 15 is 0 Å². The van der Waals surface area contributed by atoms with Crippen molar-refractivity contribution < 1.29 is 14.4 Å². The first-order valence-electron chi connectivity index (χ1n) is 6.42. The third-order valence-corrected chi connectivity index (χ3v) is 3.20. The third kappa shape index (κ3) is 6.11. The van der Waals surface area contributed by atoms with Gasteiger partial charge in [0.1, 0.15) is 6.10 Å². The van der Waals surface area contributed by atoms with E-state index in [4.69, 9.17) is 4.52 Å². The Morgan fingerprint density at radius 1 is 1.58 bits per heavy atom. The fourth-order valence-corrected chi connectivity index (χ4v) is 2.07. The molecule has 0 radical (unpaired) electrons. The van der Waals surface area contributed by atoms with Gasteiger partial charge in [-0.1, -0.05) is 19.0 Å². The minimum atomic E-state index is -0.953. The molecule has 0 bridgehead atoms. The van der Waals surface area contributed by atoms with Crippen molar-refractivity contribution in [2.45, 2.75) is 39.3 Å². The fourth-order valence-electron chi connectivity index (χ4n) is 1.61. The zero-order valence-electron chi connectivity index (χ0n) is 11.7. The van der Waals surface area contributed by atoms with Crippen molar-refractivity contribution in [1.82, 2.24) is 10.5 Å². The molecule has 6 heteroatoms. The van der Waals surface area contributed by atoms with Crippen LogP contribution in [0.3, 0.4) is 0 Å². The van der Waals surface area contributed by atoms with E-state index < -0.39 is 6.10 Å². The van der Waals surface area contributed by atoms with Crippen LogP contribution in [0.4, 0.5) is 0 Å². The van der Waals surface area contributed by atoms with Gasteiger partial charge >= 0.3 is 0 Å². The van der Waals surface area contributed by atoms with Crippen LogP contribution in [-0.2, 0) is 17.8 Å². The van der Waals surface area contributed by atoms with Gasteiger partial charge < -0.3 is 14.9 Å². The van der Waals surface area contributed by atoms with Gasteiger partial charge in [0.15, 0.2) is 5.76 Å². The van der Waals surface area contributed by atoms with Crippen LogP contribution < -0.4 is 5.32 Å². The van der Waals surface area contributed by atoms with Crippen LogP contribution in [0.5, 0.6) is 0 Å². The Hall–Kier alpha value is -1.01. The van der Waals surface area contributed by atoms with Gasteiger partial charge in [0, 0.05) is 6.07 Å². The average Bonchev–Trinajstić information content (AvgIpc) is 2.79. The molecule has 0 saturated carbocycles. The smallest absolute Gasteiger partial charge is 0.249 e. The fraction of sp³-hybridized carbons (Fsp3) is 0.692. The molecule has 0 aliphatic heterocycles. The predicted molar refractivity (Wildman–Crippen MR) is 75.9 cm³/mol. The summed E-state index contributed by atoms with van der Waals surface area (Å²) in [4.78, 5) is 11.6. The lowest BCUT2D eigenvalue weighted by Gasteiger charge is -2.09. The van der Waals surface area contributed by atoms with Crippen molar-refractivity contribution >= 4 is 17.7 Å². The van der Waals surface area contributed by atoms with Crippen molar-refractivity contribution in [3.63, 3.8) is 0 Å². The SMILES string of the molecule is CSCC[C@@H](O)C(=O)NCc1cc(CC(C)C)no1. The molecule has 0 fully saturated rings. The van der Waals surface area contributed by atoms with Crippen LogP contribution in [0.2, 0.25) is 0 Å². The summed E-state index contributed by atoms with van der Waals surface area (Å²) in [6.45, 7) is 4.48. The molecule has 0 aliphatic carbocycles. The lowest BCUT2D eigenvalue weighted by atomic mass is 10.1. The Morgan fingerprint density at radius 2 is 2.32 bits per heavy atom. The number of carbonyl (C=O) groups excluding carboxylic acids is 1. The maximum atomic E-state index is 11.6. The van der Waals surface area contributed by atoms with E-state index in [0.29, 0.717) is 18.1 Å². The van der Waals surface area contributed by atoms with Gasteiger partial charge in [0.05, 0.1) is 12.2 Å². The predicted octanol–water partition coefficient (Wildman–Crippen LogP) is 1.60. The molecule has 2 N–H and O–H groups in total. The Labute approximate surface area is 118 Å². The van der Waals surface area contributed by atoms with Crippen LogP contribution in [0, 0.1) is 5.92 Å². The molecule has 1 aromatic heterocycles. The molecule has 1 amide bonds. The first-order chi connectivity index (χ1) is 9.02. The van der Waals surface area contributed by atoms with Gasteiger partial charge in [0.25, 0.3) is 0 Å². The summed E-state index contributed by atoms with van der Waals surface area (Å²) in [5, 5.41) is 16.2. The highest BCUT2D eigenvalue weighted by atomic mass is 32.2. The highest BCUT2D eigenvalue weighted by molar-refractivity contribution is 7.98. The Bertz CT molecular complexity index is 393. The normalized spacial score (nSPS) is 12.7. The van der Waals surface area contributed by atoms with Gasteiger partial charge in [-0.15, -0.1) is 0 Å². The number of nitrogens with zero attached hydrogens (tertiary/aromatic N) is 1. The van der Waals surface area contributed by atoms with Crippen LogP contribution >= 0.6 is 11.8 Å². The number of hydrogen-bond acceptors (Lipinski definition) is 5. The minimum absolute atomic E-state index is 0.264. The molecule has 0 aliphatic rings. The lowest BCUT2D eigenvalue weighted by Crippen LogP contribution is -2.34. The summed E-state index contributed by atoms with van der Waals surface area (Å²) >= 11 is 1.60. The van der Waals surface area contributed by atoms with Gasteiger partial charge in [-0.3, -0.25) is 4.79 Å². The molecule has 1 rings (SSSR count). The number of carbonyl (C=O) groups is 1. The molecule has 1 atom stereocenters. The van der Waals surface area contributed by atoms with Crippen molar-refractivity contribution in [2.75, 3.05) is 12.0 Å². The monoisotopic (exact) mass is 286 g/mol. The molecule has 1 aromatic rings. The molecular formula is C13H22N2O3S. The Morgan fingerprint density at radius 3 is 2.95 bits per heavy atom. The van der Waals surface area contributed by atoms with E-state index in [0.717, 1.165) is 17.9 Å². The lowest BCUT2D eigenvalue weighted by molar-refractivity contribution is -0.129. The zero-order valence-corrected chi connectivity index (χ0v) is 12.5. The van der Waals surface area contributed by atoms with Crippen molar-refractivity contribution in [3.05, 3.63) is 17.5 Å². The standard InChI is InChI=1S/C13H22N2O3S/c1-9(2)6-10-7-11(18-15-10)8-14-13(17)12(16)4-5-19-3/h7,9,12,16H,4-6,8H2,1-3H3,(H,14,17)/t12-/m1/s1. The minimum Gasteiger partial charge on any atom is -0.383 e. The zero-order chi connectivity index (χ0) is 14.3. The Balaban J connectivity index is 2.35. The second-order valence-corrected chi connectivity index (χ2v) is 5.88. The van der Waals surface area contributed by atoms with E-state index in [9.17, 15) is 9.90 Å². The second kappa shape index (κ2) is 8.22. The molecule has 1 heterocycles. The van der Waals surface area contributed by atoms with Crippen molar-refractivity contribution in [2.24, 2.45) is 5.92 Å². The molecule has 0 saturated heterocycles. The van der Waals surface area contributed by atoms with Crippen LogP contribution in [0.25, 0.3) is 0 Å². The number of hydrogen-bond donors (Lipinski definition) is 2. The average molecular weight is 286 g/mol. The second-order valence-electron chi connectivity index (χ2n) is 4.90. The highest BCUT2D eigenvalue weighted by Gasteiger charge is 2.15. The van der Waals surface area contributed by atoms with E-state index in [1.807, 2.05) is 12.3 Å². The van der Waals surface area contributed by atoms with E-state index in [1.54, 1.807) is 11.8 Å². The molecule has 5 nitrogen and oxygen atoms in total. The topological polar surface area (TPSA) is 75.4 Å². The molecular weight excluding hydrogens is 264 g/mol. The summed E-state index contributed by atoms with van der Waals surface area (Å²) in [6, 6.07) is 1.84. The maximum absolute atomic E-state index is 11.6. The van der Waals surface area contributed by atoms with E-state index in [2.05, 4.69) is 24.3 Å². The number of thioether (sulfide) groups is 1. The number of nitrogens with one attached hydrogen (secondary N) is 1. The maximum Gasteiger partial charge on any atom is 0.249 e. The first kappa shape index (κ1) is 16.0. The van der Waals surface area contributed by atoms with Gasteiger partial charge in [-0.25, -0.2) is 0 Å². The first-order valence-corrected chi connectivity index (χ1v) is 7.81.